The number of methoxy groups -OCH3 is 1. The van der Waals surface area contributed by atoms with Crippen LogP contribution < -0.4 is 0 Å². The van der Waals surface area contributed by atoms with Gasteiger partial charge in [0.15, 0.2) is 0 Å². The topological polar surface area (TPSA) is 12.5 Å². The largest absolute Gasteiger partial charge is 0.384 e. The molecule has 0 aromatic heterocycles. The number of fused-ring (bicyclic) bond motifs is 1. The van der Waals surface area contributed by atoms with Crippen molar-refractivity contribution in [3.63, 3.8) is 0 Å². The predicted molar refractivity (Wildman–Crippen MR) is 53.8 cm³/mol. The molecule has 0 radical (unpaired) electrons. The fraction of sp³-hybridized carbons (Fsp3) is 1.00. The van der Waals surface area contributed by atoms with Crippen LogP contribution >= 0.6 is 0 Å². The summed E-state index contributed by atoms with van der Waals surface area (Å²) < 4.78 is 5.41. The molecule has 2 fully saturated rings. The van der Waals surface area contributed by atoms with Crippen LogP contribution in [0.1, 0.15) is 32.1 Å². The number of hydrogen-bond acceptors (Lipinski definition) is 2. The van der Waals surface area contributed by atoms with Crippen molar-refractivity contribution in [2.45, 2.75) is 38.1 Å². The van der Waals surface area contributed by atoms with E-state index in [9.17, 15) is 0 Å². The maximum atomic E-state index is 5.41. The SMILES string of the molecule is COC[C@]12CCC[C@H]1N(C)CCC2. The molecule has 2 aliphatic rings. The summed E-state index contributed by atoms with van der Waals surface area (Å²) in [7, 11) is 4.12. The highest BCUT2D eigenvalue weighted by Crippen LogP contribution is 2.47. The minimum atomic E-state index is 0.516. The zero-order valence-corrected chi connectivity index (χ0v) is 8.88. The van der Waals surface area contributed by atoms with Gasteiger partial charge < -0.3 is 9.64 Å². The second-order valence-electron chi connectivity index (χ2n) is 4.79. The molecule has 2 rings (SSSR count). The first kappa shape index (κ1) is 9.47. The van der Waals surface area contributed by atoms with Gasteiger partial charge in [-0.3, -0.25) is 0 Å². The van der Waals surface area contributed by atoms with Gasteiger partial charge in [0.25, 0.3) is 0 Å². The summed E-state index contributed by atoms with van der Waals surface area (Å²) in [5.41, 5.74) is 0.516. The first-order valence-electron chi connectivity index (χ1n) is 5.48. The van der Waals surface area contributed by atoms with Crippen molar-refractivity contribution in [1.82, 2.24) is 4.90 Å². The molecule has 0 N–H and O–H groups in total. The Kier molecular flexibility index (Phi) is 2.61. The third-order valence-electron chi connectivity index (χ3n) is 4.01. The van der Waals surface area contributed by atoms with Crippen LogP contribution in [0, 0.1) is 5.41 Å². The number of rotatable bonds is 2. The fourth-order valence-corrected chi connectivity index (χ4v) is 3.46. The minimum Gasteiger partial charge on any atom is -0.384 e. The van der Waals surface area contributed by atoms with E-state index in [0.717, 1.165) is 12.6 Å². The molecule has 0 unspecified atom stereocenters. The molecule has 1 saturated heterocycles. The van der Waals surface area contributed by atoms with Crippen molar-refractivity contribution in [1.29, 1.82) is 0 Å². The lowest BCUT2D eigenvalue weighted by atomic mass is 9.76. The Bertz CT molecular complexity index is 179. The number of piperidine rings is 1. The average Bonchev–Trinajstić information content (AvgIpc) is 2.50. The van der Waals surface area contributed by atoms with Crippen LogP contribution in [0.4, 0.5) is 0 Å². The molecule has 1 heterocycles. The van der Waals surface area contributed by atoms with Gasteiger partial charge in [0.2, 0.25) is 0 Å². The summed E-state index contributed by atoms with van der Waals surface area (Å²) in [6, 6.07) is 0.807. The van der Waals surface area contributed by atoms with E-state index in [4.69, 9.17) is 4.74 Å². The van der Waals surface area contributed by atoms with Crippen molar-refractivity contribution >= 4 is 0 Å². The molecule has 0 spiro atoms. The Morgan fingerprint density at radius 3 is 2.92 bits per heavy atom. The summed E-state index contributed by atoms with van der Waals surface area (Å²) in [5.74, 6) is 0. The maximum Gasteiger partial charge on any atom is 0.0533 e. The van der Waals surface area contributed by atoms with E-state index < -0.39 is 0 Å². The third kappa shape index (κ3) is 1.50. The summed E-state index contributed by atoms with van der Waals surface area (Å²) >= 11 is 0. The Labute approximate surface area is 81.3 Å². The van der Waals surface area contributed by atoms with Gasteiger partial charge in [-0.25, -0.2) is 0 Å². The molecule has 0 aromatic carbocycles. The second kappa shape index (κ2) is 3.58. The van der Waals surface area contributed by atoms with Crippen LogP contribution in [0.25, 0.3) is 0 Å². The average molecular weight is 183 g/mol. The quantitative estimate of drug-likeness (QED) is 0.648. The highest BCUT2D eigenvalue weighted by Gasteiger charge is 2.46. The standard InChI is InChI=1S/C11H21NO/c1-12-8-4-7-11(9-13-2)6-3-5-10(11)12/h10H,3-9H2,1-2H3/t10-,11-/m1/s1. The zero-order valence-electron chi connectivity index (χ0n) is 8.88. The molecular formula is C11H21NO. The number of ether oxygens (including phenoxy) is 1. The van der Waals surface area contributed by atoms with E-state index in [-0.39, 0.29) is 0 Å². The van der Waals surface area contributed by atoms with Crippen LogP contribution in [-0.4, -0.2) is 38.3 Å². The predicted octanol–water partition coefficient (Wildman–Crippen LogP) is 1.90. The molecule has 2 atom stereocenters. The van der Waals surface area contributed by atoms with Gasteiger partial charge in [0.1, 0.15) is 0 Å². The molecule has 1 aliphatic heterocycles. The van der Waals surface area contributed by atoms with Crippen molar-refractivity contribution < 1.29 is 4.74 Å². The molecule has 0 bridgehead atoms. The Morgan fingerprint density at radius 1 is 1.38 bits per heavy atom. The van der Waals surface area contributed by atoms with Crippen LogP contribution in [0.3, 0.4) is 0 Å². The molecule has 1 saturated carbocycles. The number of hydrogen-bond donors (Lipinski definition) is 0. The Morgan fingerprint density at radius 2 is 2.15 bits per heavy atom. The lowest BCUT2D eigenvalue weighted by Crippen LogP contribution is -2.49. The van der Waals surface area contributed by atoms with E-state index in [1.165, 1.54) is 38.6 Å². The van der Waals surface area contributed by atoms with Crippen molar-refractivity contribution in [3.05, 3.63) is 0 Å². The maximum absolute atomic E-state index is 5.41. The van der Waals surface area contributed by atoms with Gasteiger partial charge >= 0.3 is 0 Å². The molecule has 0 amide bonds. The molecule has 13 heavy (non-hydrogen) atoms. The second-order valence-corrected chi connectivity index (χ2v) is 4.79. The zero-order chi connectivity index (χ0) is 9.31. The van der Waals surface area contributed by atoms with E-state index in [1.54, 1.807) is 0 Å². The van der Waals surface area contributed by atoms with Crippen LogP contribution in [0.5, 0.6) is 0 Å². The first-order valence-corrected chi connectivity index (χ1v) is 5.48. The minimum absolute atomic E-state index is 0.516. The van der Waals surface area contributed by atoms with Gasteiger partial charge in [-0.15, -0.1) is 0 Å². The van der Waals surface area contributed by atoms with Crippen LogP contribution in [0.15, 0.2) is 0 Å². The lowest BCUT2D eigenvalue weighted by molar-refractivity contribution is -0.00988. The molecule has 76 valence electrons. The lowest BCUT2D eigenvalue weighted by Gasteiger charge is -2.44. The monoisotopic (exact) mass is 183 g/mol. The van der Waals surface area contributed by atoms with Gasteiger partial charge in [0, 0.05) is 18.6 Å². The molecule has 0 aromatic rings. The van der Waals surface area contributed by atoms with E-state index in [0.29, 0.717) is 5.41 Å². The summed E-state index contributed by atoms with van der Waals surface area (Å²) in [4.78, 5) is 2.55. The normalized spacial score (nSPS) is 40.6. The van der Waals surface area contributed by atoms with Crippen LogP contribution in [-0.2, 0) is 4.74 Å². The van der Waals surface area contributed by atoms with Crippen molar-refractivity contribution in [2.24, 2.45) is 5.41 Å². The summed E-state index contributed by atoms with van der Waals surface area (Å²) in [5, 5.41) is 0. The summed E-state index contributed by atoms with van der Waals surface area (Å²) in [6.07, 6.45) is 6.92. The highest BCUT2D eigenvalue weighted by atomic mass is 16.5. The highest BCUT2D eigenvalue weighted by molar-refractivity contribution is 4.99. The fourth-order valence-electron chi connectivity index (χ4n) is 3.46. The van der Waals surface area contributed by atoms with Gasteiger partial charge in [0.05, 0.1) is 6.61 Å². The first-order chi connectivity index (χ1) is 6.28. The Hall–Kier alpha value is -0.0800. The van der Waals surface area contributed by atoms with Crippen molar-refractivity contribution in [2.75, 3.05) is 27.3 Å². The number of likely N-dealkylation sites (tertiary alicyclic amines) is 1. The molecular weight excluding hydrogens is 162 g/mol. The number of nitrogens with zero attached hydrogens (tertiary/aromatic N) is 1. The molecule has 2 nitrogen and oxygen atoms in total. The van der Waals surface area contributed by atoms with E-state index in [2.05, 4.69) is 11.9 Å². The summed E-state index contributed by atoms with van der Waals surface area (Å²) in [6.45, 7) is 2.26. The van der Waals surface area contributed by atoms with Gasteiger partial charge in [-0.05, 0) is 39.3 Å². The molecule has 2 heteroatoms. The smallest absolute Gasteiger partial charge is 0.0533 e. The van der Waals surface area contributed by atoms with E-state index in [1.807, 2.05) is 7.11 Å². The van der Waals surface area contributed by atoms with Crippen LogP contribution in [0.2, 0.25) is 0 Å². The molecule has 1 aliphatic carbocycles. The van der Waals surface area contributed by atoms with Crippen molar-refractivity contribution in [3.8, 4) is 0 Å². The van der Waals surface area contributed by atoms with Gasteiger partial charge in [-0.1, -0.05) is 6.42 Å². The third-order valence-corrected chi connectivity index (χ3v) is 4.01. The van der Waals surface area contributed by atoms with Gasteiger partial charge in [-0.2, -0.15) is 0 Å². The van der Waals surface area contributed by atoms with E-state index >= 15 is 0 Å². The Balaban J connectivity index is 2.12.